The number of amides is 1. The van der Waals surface area contributed by atoms with Crippen LogP contribution in [0.3, 0.4) is 0 Å². The molecule has 1 aliphatic heterocycles. The zero-order valence-electron chi connectivity index (χ0n) is 12.5. The first-order valence-electron chi connectivity index (χ1n) is 7.20. The first-order valence-corrected chi connectivity index (χ1v) is 7.20. The summed E-state index contributed by atoms with van der Waals surface area (Å²) >= 11 is 0. The first kappa shape index (κ1) is 14.9. The van der Waals surface area contributed by atoms with Crippen molar-refractivity contribution in [1.82, 2.24) is 5.32 Å². The number of rotatable bonds is 4. The van der Waals surface area contributed by atoms with Crippen molar-refractivity contribution < 1.29 is 9.53 Å². The largest absolute Gasteiger partial charge is 0.496 e. The Morgan fingerprint density at radius 1 is 1.35 bits per heavy atom. The van der Waals surface area contributed by atoms with E-state index < -0.39 is 5.41 Å². The van der Waals surface area contributed by atoms with Gasteiger partial charge in [-0.15, -0.1) is 0 Å². The second kappa shape index (κ2) is 5.83. The van der Waals surface area contributed by atoms with Crippen molar-refractivity contribution in [3.05, 3.63) is 29.3 Å². The highest BCUT2D eigenvalue weighted by molar-refractivity contribution is 5.87. The Labute approximate surface area is 120 Å². The molecule has 1 heterocycles. The number of ether oxygens (including phenoxy) is 1. The lowest BCUT2D eigenvalue weighted by Gasteiger charge is -2.35. The summed E-state index contributed by atoms with van der Waals surface area (Å²) in [6.07, 6.45) is 1.51. The van der Waals surface area contributed by atoms with Gasteiger partial charge in [-0.2, -0.15) is 0 Å². The molecule has 2 rings (SSSR count). The van der Waals surface area contributed by atoms with E-state index in [2.05, 4.69) is 25.2 Å². The maximum Gasteiger partial charge on any atom is 0.228 e. The fourth-order valence-electron chi connectivity index (χ4n) is 3.01. The molecule has 0 unspecified atom stereocenters. The lowest BCUT2D eigenvalue weighted by Crippen LogP contribution is -2.48. The van der Waals surface area contributed by atoms with Crippen LogP contribution >= 0.6 is 0 Å². The zero-order chi connectivity index (χ0) is 14.8. The number of nitrogens with two attached hydrogens (primary N) is 1. The molecule has 3 N–H and O–H groups in total. The van der Waals surface area contributed by atoms with Crippen LogP contribution in [0.25, 0.3) is 0 Å². The van der Waals surface area contributed by atoms with Gasteiger partial charge in [0.2, 0.25) is 5.91 Å². The maximum atomic E-state index is 12.1. The topological polar surface area (TPSA) is 64.3 Å². The summed E-state index contributed by atoms with van der Waals surface area (Å²) in [5, 5.41) is 3.29. The molecule has 110 valence electrons. The second-order valence-corrected chi connectivity index (χ2v) is 5.81. The minimum absolute atomic E-state index is 0.223. The highest BCUT2D eigenvalue weighted by Gasteiger charge is 2.40. The summed E-state index contributed by atoms with van der Waals surface area (Å²) in [4.78, 5) is 12.1. The Morgan fingerprint density at radius 2 is 2.00 bits per heavy atom. The van der Waals surface area contributed by atoms with Crippen LogP contribution in [-0.2, 0) is 10.2 Å². The molecular formula is C16H24N2O2. The summed E-state index contributed by atoms with van der Waals surface area (Å²) in [5.41, 5.74) is 7.35. The molecule has 1 saturated heterocycles. The number of carbonyl (C=O) groups excluding carboxylic acids is 1. The second-order valence-electron chi connectivity index (χ2n) is 5.81. The maximum absolute atomic E-state index is 12.1. The monoisotopic (exact) mass is 276 g/mol. The van der Waals surface area contributed by atoms with Crippen LogP contribution < -0.4 is 15.8 Å². The summed E-state index contributed by atoms with van der Waals surface area (Å²) in [5.74, 6) is 0.993. The molecule has 0 atom stereocenters. The Bertz CT molecular complexity index is 491. The van der Waals surface area contributed by atoms with Crippen LogP contribution in [0, 0.1) is 0 Å². The molecule has 1 fully saturated rings. The standard InChI is InChI=1S/C16H24N2O2/c1-11(2)13-10-12(4-5-14(13)20-3)16(15(17)19)6-8-18-9-7-16/h4-5,10-11,18H,6-9H2,1-3H3,(H2,17,19). The van der Waals surface area contributed by atoms with E-state index in [-0.39, 0.29) is 5.91 Å². The van der Waals surface area contributed by atoms with Gasteiger partial charge in [0, 0.05) is 0 Å². The predicted molar refractivity (Wildman–Crippen MR) is 80.1 cm³/mol. The molecule has 0 bridgehead atoms. The van der Waals surface area contributed by atoms with Gasteiger partial charge in [0.15, 0.2) is 0 Å². The Kier molecular flexibility index (Phi) is 4.33. The third-order valence-corrected chi connectivity index (χ3v) is 4.33. The third-order valence-electron chi connectivity index (χ3n) is 4.33. The Hall–Kier alpha value is -1.55. The van der Waals surface area contributed by atoms with Crippen LogP contribution in [0.4, 0.5) is 0 Å². The van der Waals surface area contributed by atoms with E-state index in [1.165, 1.54) is 0 Å². The van der Waals surface area contributed by atoms with Crippen molar-refractivity contribution in [3.8, 4) is 5.75 Å². The number of benzene rings is 1. The smallest absolute Gasteiger partial charge is 0.228 e. The number of methoxy groups -OCH3 is 1. The molecule has 1 aromatic rings. The lowest BCUT2D eigenvalue weighted by molar-refractivity contribution is -0.124. The van der Waals surface area contributed by atoms with Crippen molar-refractivity contribution in [2.24, 2.45) is 5.73 Å². The van der Waals surface area contributed by atoms with Crippen LogP contribution in [-0.4, -0.2) is 26.1 Å². The van der Waals surface area contributed by atoms with Gasteiger partial charge in [0.1, 0.15) is 5.75 Å². The van der Waals surface area contributed by atoms with Crippen LogP contribution in [0.5, 0.6) is 5.75 Å². The first-order chi connectivity index (χ1) is 9.51. The van der Waals surface area contributed by atoms with Crippen LogP contribution in [0.15, 0.2) is 18.2 Å². The van der Waals surface area contributed by atoms with Crippen molar-refractivity contribution in [1.29, 1.82) is 0 Å². The zero-order valence-corrected chi connectivity index (χ0v) is 12.5. The molecule has 0 radical (unpaired) electrons. The molecule has 20 heavy (non-hydrogen) atoms. The van der Waals surface area contributed by atoms with Gasteiger partial charge >= 0.3 is 0 Å². The molecular weight excluding hydrogens is 252 g/mol. The van der Waals surface area contributed by atoms with E-state index in [0.29, 0.717) is 5.92 Å². The highest BCUT2D eigenvalue weighted by Crippen LogP contribution is 2.37. The van der Waals surface area contributed by atoms with Gasteiger partial charge < -0.3 is 15.8 Å². The number of hydrogen-bond acceptors (Lipinski definition) is 3. The molecule has 0 saturated carbocycles. The van der Waals surface area contributed by atoms with Crippen molar-refractivity contribution >= 4 is 5.91 Å². The van der Waals surface area contributed by atoms with E-state index in [0.717, 1.165) is 42.8 Å². The van der Waals surface area contributed by atoms with Gasteiger partial charge in [-0.3, -0.25) is 4.79 Å². The van der Waals surface area contributed by atoms with E-state index in [4.69, 9.17) is 10.5 Å². The Morgan fingerprint density at radius 3 is 2.50 bits per heavy atom. The van der Waals surface area contributed by atoms with Crippen molar-refractivity contribution in [2.45, 2.75) is 38.0 Å². The lowest BCUT2D eigenvalue weighted by atomic mass is 9.72. The molecule has 1 aromatic carbocycles. The molecule has 1 amide bonds. The molecule has 0 aliphatic carbocycles. The summed E-state index contributed by atoms with van der Waals surface area (Å²) in [7, 11) is 1.68. The van der Waals surface area contributed by atoms with E-state index in [9.17, 15) is 4.79 Å². The minimum atomic E-state index is -0.541. The SMILES string of the molecule is COc1ccc(C2(C(N)=O)CCNCC2)cc1C(C)C. The average Bonchev–Trinajstić information content (AvgIpc) is 2.47. The fraction of sp³-hybridized carbons (Fsp3) is 0.562. The highest BCUT2D eigenvalue weighted by atomic mass is 16.5. The summed E-state index contributed by atoms with van der Waals surface area (Å²) in [6.45, 7) is 5.90. The minimum Gasteiger partial charge on any atom is -0.496 e. The van der Waals surface area contributed by atoms with Gasteiger partial charge in [-0.25, -0.2) is 0 Å². The average molecular weight is 276 g/mol. The normalized spacial score (nSPS) is 18.0. The van der Waals surface area contributed by atoms with Gasteiger partial charge in [-0.05, 0) is 49.0 Å². The van der Waals surface area contributed by atoms with E-state index in [1.54, 1.807) is 7.11 Å². The third kappa shape index (κ3) is 2.52. The molecule has 4 nitrogen and oxygen atoms in total. The summed E-state index contributed by atoms with van der Waals surface area (Å²) < 4.78 is 5.41. The molecule has 0 aromatic heterocycles. The molecule has 4 heteroatoms. The van der Waals surface area contributed by atoms with Gasteiger partial charge in [0.25, 0.3) is 0 Å². The predicted octanol–water partition coefficient (Wildman–Crippen LogP) is 1.93. The number of piperidine rings is 1. The van der Waals surface area contributed by atoms with Crippen molar-refractivity contribution in [2.75, 3.05) is 20.2 Å². The molecule has 0 spiro atoms. The summed E-state index contributed by atoms with van der Waals surface area (Å²) in [6, 6.07) is 6.04. The van der Waals surface area contributed by atoms with Gasteiger partial charge in [-0.1, -0.05) is 26.0 Å². The number of hydrogen-bond donors (Lipinski definition) is 2. The van der Waals surface area contributed by atoms with Crippen LogP contribution in [0.2, 0.25) is 0 Å². The quantitative estimate of drug-likeness (QED) is 0.883. The van der Waals surface area contributed by atoms with E-state index in [1.807, 2.05) is 12.1 Å². The molecule has 1 aliphatic rings. The number of primary amides is 1. The van der Waals surface area contributed by atoms with Crippen LogP contribution in [0.1, 0.15) is 43.7 Å². The van der Waals surface area contributed by atoms with E-state index >= 15 is 0 Å². The number of nitrogens with one attached hydrogen (secondary N) is 1. The van der Waals surface area contributed by atoms with Crippen molar-refractivity contribution in [3.63, 3.8) is 0 Å². The number of carbonyl (C=O) groups is 1. The van der Waals surface area contributed by atoms with Gasteiger partial charge in [0.05, 0.1) is 12.5 Å². The Balaban J connectivity index is 2.49. The fourth-order valence-corrected chi connectivity index (χ4v) is 3.01.